The topological polar surface area (TPSA) is 158 Å². The van der Waals surface area contributed by atoms with E-state index in [2.05, 4.69) is 0 Å². The van der Waals surface area contributed by atoms with E-state index < -0.39 is 68.0 Å². The van der Waals surface area contributed by atoms with Crippen LogP contribution >= 0.6 is 0 Å². The van der Waals surface area contributed by atoms with Crippen molar-refractivity contribution >= 4 is 0 Å². The van der Waals surface area contributed by atoms with Gasteiger partial charge in [0.05, 0.1) is 12.7 Å². The van der Waals surface area contributed by atoms with E-state index >= 15 is 0 Å². The molecule has 1 aromatic rings. The lowest BCUT2D eigenvalue weighted by atomic mass is 9.97. The molecular formula is C18H26O10. The number of aliphatic hydroxyl groups is 6. The number of para-hydroxylation sites is 1. The molecule has 1 aromatic carbocycles. The van der Waals surface area contributed by atoms with Crippen LogP contribution in [-0.4, -0.2) is 98.7 Å². The van der Waals surface area contributed by atoms with Crippen molar-refractivity contribution in [2.45, 2.75) is 68.3 Å². The monoisotopic (exact) mass is 402 g/mol. The Morgan fingerprint density at radius 3 is 2.11 bits per heavy atom. The minimum absolute atomic E-state index is 0.395. The number of ether oxygens (including phenoxy) is 4. The van der Waals surface area contributed by atoms with Crippen molar-refractivity contribution < 1.29 is 49.6 Å². The maximum atomic E-state index is 10.5. The molecule has 0 spiro atoms. The second kappa shape index (κ2) is 8.99. The first kappa shape index (κ1) is 21.4. The summed E-state index contributed by atoms with van der Waals surface area (Å²) in [5.41, 5.74) is 0. The van der Waals surface area contributed by atoms with E-state index in [1.807, 2.05) is 0 Å². The summed E-state index contributed by atoms with van der Waals surface area (Å²) in [6.07, 6.45) is -13.4. The van der Waals surface area contributed by atoms with Crippen molar-refractivity contribution in [2.24, 2.45) is 0 Å². The van der Waals surface area contributed by atoms with Gasteiger partial charge in [-0.25, -0.2) is 0 Å². The van der Waals surface area contributed by atoms with Crippen LogP contribution in [0.4, 0.5) is 0 Å². The third-order valence-electron chi connectivity index (χ3n) is 4.92. The molecule has 158 valence electrons. The third kappa shape index (κ3) is 4.30. The normalized spacial score (nSPS) is 44.2. The third-order valence-corrected chi connectivity index (χ3v) is 4.92. The van der Waals surface area contributed by atoms with Crippen molar-refractivity contribution in [3.63, 3.8) is 0 Å². The predicted octanol–water partition coefficient (Wildman–Crippen LogP) is -2.28. The van der Waals surface area contributed by atoms with E-state index in [1.54, 1.807) is 30.3 Å². The molecule has 3 rings (SSSR count). The Kier molecular flexibility index (Phi) is 6.86. The van der Waals surface area contributed by atoms with Gasteiger partial charge >= 0.3 is 0 Å². The number of aliphatic hydroxyl groups excluding tert-OH is 6. The lowest BCUT2D eigenvalue weighted by Crippen LogP contribution is -2.64. The summed E-state index contributed by atoms with van der Waals surface area (Å²) in [5.74, 6) is 0.395. The zero-order valence-electron chi connectivity index (χ0n) is 15.2. The molecule has 2 saturated heterocycles. The summed E-state index contributed by atoms with van der Waals surface area (Å²) in [6.45, 7) is 0.901. The zero-order chi connectivity index (χ0) is 20.4. The average molecular weight is 402 g/mol. The van der Waals surface area contributed by atoms with E-state index in [-0.39, 0.29) is 0 Å². The van der Waals surface area contributed by atoms with Crippen LogP contribution in [0.1, 0.15) is 6.92 Å². The Balaban J connectivity index is 1.70. The highest BCUT2D eigenvalue weighted by atomic mass is 16.7. The molecule has 0 aliphatic carbocycles. The Hall–Kier alpha value is -1.34. The predicted molar refractivity (Wildman–Crippen MR) is 92.1 cm³/mol. The molecule has 0 saturated carbocycles. The van der Waals surface area contributed by atoms with Crippen LogP contribution < -0.4 is 4.74 Å². The van der Waals surface area contributed by atoms with Crippen molar-refractivity contribution in [1.82, 2.24) is 0 Å². The zero-order valence-corrected chi connectivity index (χ0v) is 15.2. The maximum absolute atomic E-state index is 10.5. The molecule has 0 aromatic heterocycles. The molecule has 6 N–H and O–H groups in total. The smallest absolute Gasteiger partial charge is 0.229 e. The Morgan fingerprint density at radius 1 is 0.821 bits per heavy atom. The highest BCUT2D eigenvalue weighted by Crippen LogP contribution is 2.30. The van der Waals surface area contributed by atoms with Gasteiger partial charge in [-0.3, -0.25) is 0 Å². The first-order valence-corrected chi connectivity index (χ1v) is 9.02. The average Bonchev–Trinajstić information content (AvgIpc) is 2.70. The summed E-state index contributed by atoms with van der Waals surface area (Å²) in [6, 6.07) is 8.50. The number of rotatable bonds is 5. The second-order valence-corrected chi connectivity index (χ2v) is 6.92. The fourth-order valence-corrected chi connectivity index (χ4v) is 3.23. The van der Waals surface area contributed by atoms with Gasteiger partial charge < -0.3 is 49.6 Å². The fourth-order valence-electron chi connectivity index (χ4n) is 3.23. The fraction of sp³-hybridized carbons (Fsp3) is 0.667. The molecule has 0 unspecified atom stereocenters. The summed E-state index contributed by atoms with van der Waals surface area (Å²) in [4.78, 5) is 0. The van der Waals surface area contributed by atoms with Crippen LogP contribution in [0.2, 0.25) is 0 Å². The number of hydrogen-bond acceptors (Lipinski definition) is 10. The van der Waals surface area contributed by atoms with E-state index in [9.17, 15) is 30.6 Å². The minimum Gasteiger partial charge on any atom is -0.462 e. The number of hydrogen-bond donors (Lipinski definition) is 6. The highest BCUT2D eigenvalue weighted by Gasteiger charge is 2.50. The molecule has 2 heterocycles. The lowest BCUT2D eigenvalue weighted by Gasteiger charge is -2.45. The minimum atomic E-state index is -1.60. The summed E-state index contributed by atoms with van der Waals surface area (Å²) in [5, 5.41) is 60.2. The summed E-state index contributed by atoms with van der Waals surface area (Å²) in [7, 11) is 0. The highest BCUT2D eigenvalue weighted by molar-refractivity contribution is 5.21. The number of benzene rings is 1. The molecule has 0 radical (unpaired) electrons. The Morgan fingerprint density at radius 2 is 1.46 bits per heavy atom. The molecule has 0 bridgehead atoms. The van der Waals surface area contributed by atoms with Crippen molar-refractivity contribution in [3.8, 4) is 5.75 Å². The van der Waals surface area contributed by atoms with Gasteiger partial charge in [0.25, 0.3) is 0 Å². The molecule has 2 aliphatic rings. The van der Waals surface area contributed by atoms with Crippen molar-refractivity contribution in [3.05, 3.63) is 30.3 Å². The molecule has 2 aliphatic heterocycles. The van der Waals surface area contributed by atoms with E-state index in [4.69, 9.17) is 18.9 Å². The summed E-state index contributed by atoms with van der Waals surface area (Å²) >= 11 is 0. The van der Waals surface area contributed by atoms with E-state index in [0.29, 0.717) is 5.75 Å². The lowest BCUT2D eigenvalue weighted by molar-refractivity contribution is -0.349. The molecule has 10 heteroatoms. The van der Waals surface area contributed by atoms with Gasteiger partial charge in [0, 0.05) is 0 Å². The largest absolute Gasteiger partial charge is 0.462 e. The molecule has 0 amide bonds. The van der Waals surface area contributed by atoms with Crippen molar-refractivity contribution in [2.75, 3.05) is 6.61 Å². The first-order chi connectivity index (χ1) is 13.3. The summed E-state index contributed by atoms with van der Waals surface area (Å²) < 4.78 is 21.9. The standard InChI is InChI=1S/C18H26O10/c1-8-11(20)12(21)14(23)17(25-8)28-16-10(7-19)27-18(15(24)13(16)22)26-9-5-3-2-4-6-9/h2-6,8,10-24H,7H2,1H3/t8-,10-,11+,12+,13-,14-,15-,16-,17+,18-/m1/s1. The van der Waals surface area contributed by atoms with Crippen LogP contribution in [-0.2, 0) is 14.2 Å². The van der Waals surface area contributed by atoms with Gasteiger partial charge in [-0.1, -0.05) is 18.2 Å². The molecule has 10 nitrogen and oxygen atoms in total. The van der Waals surface area contributed by atoms with Crippen LogP contribution in [0, 0.1) is 0 Å². The van der Waals surface area contributed by atoms with Gasteiger partial charge in [0.1, 0.15) is 48.5 Å². The van der Waals surface area contributed by atoms with Gasteiger partial charge in [-0.15, -0.1) is 0 Å². The van der Waals surface area contributed by atoms with Crippen LogP contribution in [0.3, 0.4) is 0 Å². The quantitative estimate of drug-likeness (QED) is 0.317. The van der Waals surface area contributed by atoms with Crippen LogP contribution in [0.15, 0.2) is 30.3 Å². The Bertz CT molecular complexity index is 614. The van der Waals surface area contributed by atoms with Crippen LogP contribution in [0.25, 0.3) is 0 Å². The maximum Gasteiger partial charge on any atom is 0.229 e. The van der Waals surface area contributed by atoms with E-state index in [0.717, 1.165) is 0 Å². The Labute approximate surface area is 161 Å². The van der Waals surface area contributed by atoms with Gasteiger partial charge in [-0.2, -0.15) is 0 Å². The van der Waals surface area contributed by atoms with Crippen molar-refractivity contribution in [1.29, 1.82) is 0 Å². The van der Waals surface area contributed by atoms with Gasteiger partial charge in [-0.05, 0) is 19.1 Å². The molecule has 10 atom stereocenters. The van der Waals surface area contributed by atoms with Gasteiger partial charge in [0.2, 0.25) is 6.29 Å². The van der Waals surface area contributed by atoms with E-state index in [1.165, 1.54) is 6.92 Å². The second-order valence-electron chi connectivity index (χ2n) is 6.92. The SMILES string of the molecule is C[C@H]1O[C@@H](O[C@H]2[C@H](O)[C@@H](O)[C@H](Oc3ccccc3)O[C@@H]2CO)[C@H](O)[C@@H](O)[C@H]1O. The van der Waals surface area contributed by atoms with Gasteiger partial charge in [0.15, 0.2) is 6.29 Å². The molecule has 2 fully saturated rings. The first-order valence-electron chi connectivity index (χ1n) is 9.02. The molecular weight excluding hydrogens is 376 g/mol. The molecule has 28 heavy (non-hydrogen) atoms. The van der Waals surface area contributed by atoms with Crippen LogP contribution in [0.5, 0.6) is 5.75 Å².